The van der Waals surface area contributed by atoms with E-state index in [1.807, 2.05) is 25.1 Å². The molecule has 0 aliphatic rings. The molecule has 3 aromatic carbocycles. The fraction of sp³-hybridized carbons (Fsp3) is 0.192. The molecule has 4 rings (SSSR count). The molecule has 1 atom stereocenters. The number of aryl methyl sites for hydroxylation is 1. The molecule has 0 fully saturated rings. The summed E-state index contributed by atoms with van der Waals surface area (Å²) in [6, 6.07) is 24.1. The second kappa shape index (κ2) is 9.47. The minimum absolute atomic E-state index is 0.0390. The lowest BCUT2D eigenvalue weighted by Gasteiger charge is -2.14. The van der Waals surface area contributed by atoms with E-state index < -0.39 is 5.69 Å². The van der Waals surface area contributed by atoms with Gasteiger partial charge in [0.1, 0.15) is 0 Å². The lowest BCUT2D eigenvalue weighted by atomic mass is 10.1. The van der Waals surface area contributed by atoms with Gasteiger partial charge in [-0.05, 0) is 55.2 Å². The third kappa shape index (κ3) is 4.86. The Balaban J connectivity index is 1.41. The van der Waals surface area contributed by atoms with Gasteiger partial charge in [-0.2, -0.15) is 0 Å². The number of hydrogen-bond acceptors (Lipinski definition) is 3. The number of aromatic amines is 1. The normalized spacial score (nSPS) is 11.9. The Bertz CT molecular complexity index is 1340. The third-order valence-electron chi connectivity index (χ3n) is 5.53. The monoisotopic (exact) mass is 427 g/mol. The maximum Gasteiger partial charge on any atom is 0.329 e. The zero-order valence-corrected chi connectivity index (χ0v) is 17.9. The molecule has 0 unspecified atom stereocenters. The van der Waals surface area contributed by atoms with Crippen LogP contribution in [0.5, 0.6) is 0 Å². The van der Waals surface area contributed by atoms with Gasteiger partial charge in [0.2, 0.25) is 0 Å². The number of H-pyrrole nitrogens is 1. The Labute approximate surface area is 185 Å². The first-order valence-electron chi connectivity index (χ1n) is 10.7. The summed E-state index contributed by atoms with van der Waals surface area (Å²) in [4.78, 5) is 40.4. The molecule has 6 heteroatoms. The summed E-state index contributed by atoms with van der Waals surface area (Å²) in [6.45, 7) is 2.13. The topological polar surface area (TPSA) is 84.0 Å². The van der Waals surface area contributed by atoms with E-state index in [-0.39, 0.29) is 24.1 Å². The predicted octanol–water partition coefficient (Wildman–Crippen LogP) is 3.49. The van der Waals surface area contributed by atoms with Crippen molar-refractivity contribution in [3.8, 4) is 0 Å². The van der Waals surface area contributed by atoms with Crippen molar-refractivity contribution in [2.24, 2.45) is 0 Å². The van der Waals surface area contributed by atoms with Gasteiger partial charge in [0.05, 0.1) is 17.4 Å². The van der Waals surface area contributed by atoms with Crippen LogP contribution in [-0.2, 0) is 13.0 Å². The highest BCUT2D eigenvalue weighted by molar-refractivity contribution is 5.94. The number of rotatable bonds is 7. The molecule has 0 saturated heterocycles. The van der Waals surface area contributed by atoms with Crippen molar-refractivity contribution in [2.45, 2.75) is 32.4 Å². The number of carbonyl (C=O) groups is 1. The fourth-order valence-electron chi connectivity index (χ4n) is 3.69. The van der Waals surface area contributed by atoms with Crippen molar-refractivity contribution in [2.75, 3.05) is 0 Å². The van der Waals surface area contributed by atoms with E-state index >= 15 is 0 Å². The zero-order chi connectivity index (χ0) is 22.5. The Morgan fingerprint density at radius 2 is 1.59 bits per heavy atom. The molecular weight excluding hydrogens is 402 g/mol. The molecule has 4 aromatic rings. The molecule has 1 amide bonds. The molecule has 0 saturated carbocycles. The number of aromatic nitrogens is 2. The van der Waals surface area contributed by atoms with Gasteiger partial charge in [-0.15, -0.1) is 0 Å². The lowest BCUT2D eigenvalue weighted by Crippen LogP contribution is -2.35. The van der Waals surface area contributed by atoms with Crippen LogP contribution >= 0.6 is 0 Å². The van der Waals surface area contributed by atoms with Crippen LogP contribution in [0.2, 0.25) is 0 Å². The second-order valence-electron chi connectivity index (χ2n) is 7.96. The highest BCUT2D eigenvalue weighted by Gasteiger charge is 2.11. The third-order valence-corrected chi connectivity index (χ3v) is 5.53. The molecular formula is C26H25N3O3. The average Bonchev–Trinajstić information content (AvgIpc) is 2.81. The van der Waals surface area contributed by atoms with Crippen molar-refractivity contribution < 1.29 is 4.79 Å². The van der Waals surface area contributed by atoms with Crippen molar-refractivity contribution >= 4 is 16.8 Å². The van der Waals surface area contributed by atoms with E-state index in [1.54, 1.807) is 48.5 Å². The van der Waals surface area contributed by atoms with Crippen LogP contribution in [0.25, 0.3) is 10.9 Å². The van der Waals surface area contributed by atoms with Gasteiger partial charge in [-0.1, -0.05) is 54.6 Å². The Kier molecular flexibility index (Phi) is 6.31. The van der Waals surface area contributed by atoms with Crippen molar-refractivity contribution in [3.63, 3.8) is 0 Å². The van der Waals surface area contributed by atoms with E-state index in [0.29, 0.717) is 16.5 Å². The molecule has 0 bridgehead atoms. The van der Waals surface area contributed by atoms with Gasteiger partial charge in [-0.25, -0.2) is 4.79 Å². The number of fused-ring (bicyclic) bond motifs is 1. The highest BCUT2D eigenvalue weighted by atomic mass is 16.2. The first kappa shape index (κ1) is 21.3. The molecule has 1 heterocycles. The Morgan fingerprint density at radius 1 is 0.906 bits per heavy atom. The lowest BCUT2D eigenvalue weighted by molar-refractivity contribution is 0.0938. The smallest absolute Gasteiger partial charge is 0.329 e. The van der Waals surface area contributed by atoms with E-state index in [4.69, 9.17) is 0 Å². The summed E-state index contributed by atoms with van der Waals surface area (Å²) in [6.07, 6.45) is 1.75. The van der Waals surface area contributed by atoms with E-state index in [2.05, 4.69) is 22.4 Å². The first-order chi connectivity index (χ1) is 15.5. The summed E-state index contributed by atoms with van der Waals surface area (Å²) in [7, 11) is 0. The highest BCUT2D eigenvalue weighted by Crippen LogP contribution is 2.09. The first-order valence-corrected chi connectivity index (χ1v) is 10.7. The van der Waals surface area contributed by atoms with Crippen molar-refractivity contribution in [1.29, 1.82) is 0 Å². The van der Waals surface area contributed by atoms with Gasteiger partial charge in [0.15, 0.2) is 0 Å². The zero-order valence-electron chi connectivity index (χ0n) is 17.9. The molecule has 0 aliphatic carbocycles. The number of benzene rings is 3. The van der Waals surface area contributed by atoms with Crippen molar-refractivity contribution in [1.82, 2.24) is 14.9 Å². The summed E-state index contributed by atoms with van der Waals surface area (Å²) >= 11 is 0. The van der Waals surface area contributed by atoms with E-state index in [1.165, 1.54) is 10.1 Å². The largest absolute Gasteiger partial charge is 0.350 e. The maximum absolute atomic E-state index is 12.7. The average molecular weight is 428 g/mol. The van der Waals surface area contributed by atoms with Crippen LogP contribution < -0.4 is 16.6 Å². The molecule has 6 nitrogen and oxygen atoms in total. The van der Waals surface area contributed by atoms with E-state index in [9.17, 15) is 14.4 Å². The second-order valence-corrected chi connectivity index (χ2v) is 7.96. The van der Waals surface area contributed by atoms with Crippen LogP contribution in [0.3, 0.4) is 0 Å². The molecule has 0 spiro atoms. The standard InChI is InChI=1S/C26H25N3O3/c1-18(11-12-19-7-3-2-4-8-19)27-24(30)21-15-13-20(14-16-21)17-29-25(31)22-9-5-6-10-23(22)28-26(29)32/h2-10,13-16,18H,11-12,17H2,1H3,(H,27,30)(H,28,32)/t18-/m1/s1. The van der Waals surface area contributed by atoms with Crippen LogP contribution in [0.1, 0.15) is 34.8 Å². The number of carbonyl (C=O) groups excluding carboxylic acids is 1. The number of hydrogen-bond donors (Lipinski definition) is 2. The minimum Gasteiger partial charge on any atom is -0.350 e. The SMILES string of the molecule is C[C@H](CCc1ccccc1)NC(=O)c1ccc(Cn2c(=O)[nH]c3ccccc3c2=O)cc1. The Morgan fingerprint density at radius 3 is 2.34 bits per heavy atom. The summed E-state index contributed by atoms with van der Waals surface area (Å²) < 4.78 is 1.17. The summed E-state index contributed by atoms with van der Waals surface area (Å²) in [5.41, 5.74) is 2.28. The summed E-state index contributed by atoms with van der Waals surface area (Å²) in [5.74, 6) is -0.141. The van der Waals surface area contributed by atoms with Crippen LogP contribution in [0.4, 0.5) is 0 Å². The minimum atomic E-state index is -0.456. The maximum atomic E-state index is 12.7. The van der Waals surface area contributed by atoms with Gasteiger partial charge >= 0.3 is 5.69 Å². The quantitative estimate of drug-likeness (QED) is 0.474. The number of para-hydroxylation sites is 1. The predicted molar refractivity (Wildman–Crippen MR) is 126 cm³/mol. The van der Waals surface area contributed by atoms with Crippen LogP contribution in [-0.4, -0.2) is 21.5 Å². The number of amides is 1. The molecule has 2 N–H and O–H groups in total. The molecule has 32 heavy (non-hydrogen) atoms. The van der Waals surface area contributed by atoms with Gasteiger partial charge in [0, 0.05) is 11.6 Å². The van der Waals surface area contributed by atoms with Gasteiger partial charge in [-0.3, -0.25) is 14.2 Å². The Hall–Kier alpha value is -3.93. The fourth-order valence-corrected chi connectivity index (χ4v) is 3.69. The molecule has 0 aliphatic heterocycles. The number of nitrogens with zero attached hydrogens (tertiary/aromatic N) is 1. The van der Waals surface area contributed by atoms with Crippen LogP contribution in [0.15, 0.2) is 88.5 Å². The summed E-state index contributed by atoms with van der Waals surface area (Å²) in [5, 5.41) is 3.49. The van der Waals surface area contributed by atoms with Crippen LogP contribution in [0, 0.1) is 0 Å². The van der Waals surface area contributed by atoms with E-state index in [0.717, 1.165) is 18.4 Å². The molecule has 1 aromatic heterocycles. The molecule has 0 radical (unpaired) electrons. The number of nitrogens with one attached hydrogen (secondary N) is 2. The molecule has 162 valence electrons. The van der Waals surface area contributed by atoms with Crippen molar-refractivity contribution in [3.05, 3.63) is 116 Å². The van der Waals surface area contributed by atoms with Gasteiger partial charge < -0.3 is 10.3 Å². The van der Waals surface area contributed by atoms with Gasteiger partial charge in [0.25, 0.3) is 11.5 Å².